The molecule has 0 aliphatic rings. The van der Waals surface area contributed by atoms with Crippen molar-refractivity contribution in [1.82, 2.24) is 15.3 Å². The van der Waals surface area contributed by atoms with E-state index in [0.717, 1.165) is 6.20 Å². The van der Waals surface area contributed by atoms with Crippen molar-refractivity contribution in [3.63, 3.8) is 0 Å². The molecular formula is C21H22FN5O4. The van der Waals surface area contributed by atoms with Crippen LogP contribution < -0.4 is 30.2 Å². The minimum Gasteiger partial charge on any atom is -0.493 e. The third-order valence-corrected chi connectivity index (χ3v) is 4.32. The second-order valence-corrected chi connectivity index (χ2v) is 6.18. The molecule has 0 radical (unpaired) electrons. The Balaban J connectivity index is 1.92. The molecule has 0 bridgehead atoms. The molecule has 0 aliphatic carbocycles. The van der Waals surface area contributed by atoms with Crippen molar-refractivity contribution in [3.8, 4) is 17.2 Å². The lowest BCUT2D eigenvalue weighted by Crippen LogP contribution is -2.19. The number of benzene rings is 2. The average Bonchev–Trinajstić information content (AvgIpc) is 2.80. The van der Waals surface area contributed by atoms with Gasteiger partial charge in [0.25, 0.3) is 5.91 Å². The molecule has 3 aromatic rings. The van der Waals surface area contributed by atoms with Gasteiger partial charge in [0.1, 0.15) is 0 Å². The van der Waals surface area contributed by atoms with Crippen LogP contribution in [-0.2, 0) is 0 Å². The number of aromatic nitrogens is 2. The number of ether oxygens (including phenoxy) is 3. The predicted octanol–water partition coefficient (Wildman–Crippen LogP) is 3.49. The Morgan fingerprint density at radius 1 is 1.00 bits per heavy atom. The van der Waals surface area contributed by atoms with Crippen LogP contribution >= 0.6 is 0 Å². The molecule has 162 valence electrons. The van der Waals surface area contributed by atoms with Gasteiger partial charge in [-0.25, -0.2) is 9.37 Å². The zero-order valence-electron chi connectivity index (χ0n) is 17.4. The van der Waals surface area contributed by atoms with Crippen molar-refractivity contribution in [2.75, 3.05) is 39.0 Å². The summed E-state index contributed by atoms with van der Waals surface area (Å²) in [5, 5.41) is 8.38. The first-order valence-electron chi connectivity index (χ1n) is 9.18. The topological polar surface area (TPSA) is 107 Å². The summed E-state index contributed by atoms with van der Waals surface area (Å²) in [5.74, 6) is 0.338. The van der Waals surface area contributed by atoms with Gasteiger partial charge in [-0.05, 0) is 12.1 Å². The fraction of sp³-hybridized carbons (Fsp3) is 0.190. The van der Waals surface area contributed by atoms with Gasteiger partial charge in [0, 0.05) is 24.9 Å². The number of anilines is 4. The number of nitrogens with zero attached hydrogens (tertiary/aromatic N) is 2. The van der Waals surface area contributed by atoms with E-state index in [4.69, 9.17) is 14.2 Å². The molecule has 1 heterocycles. The van der Waals surface area contributed by atoms with E-state index in [0.29, 0.717) is 34.2 Å². The van der Waals surface area contributed by atoms with Gasteiger partial charge < -0.3 is 30.2 Å². The number of amides is 1. The fourth-order valence-electron chi connectivity index (χ4n) is 2.85. The van der Waals surface area contributed by atoms with Crippen molar-refractivity contribution in [1.29, 1.82) is 0 Å². The third kappa shape index (κ3) is 4.74. The van der Waals surface area contributed by atoms with Crippen LogP contribution in [0.4, 0.5) is 27.5 Å². The molecule has 10 heteroatoms. The maximum Gasteiger partial charge on any atom is 0.253 e. The van der Waals surface area contributed by atoms with Crippen LogP contribution in [0.25, 0.3) is 0 Å². The summed E-state index contributed by atoms with van der Waals surface area (Å²) in [6.45, 7) is 0. The van der Waals surface area contributed by atoms with Crippen LogP contribution in [0.3, 0.4) is 0 Å². The van der Waals surface area contributed by atoms with Gasteiger partial charge in [0.15, 0.2) is 23.1 Å². The minimum atomic E-state index is -0.679. The molecule has 31 heavy (non-hydrogen) atoms. The van der Waals surface area contributed by atoms with Gasteiger partial charge >= 0.3 is 0 Å². The molecule has 1 aromatic heterocycles. The standard InChI is InChI=1S/C21H22FN5O4/c1-23-20(28)13-7-5-6-8-15(13)26-19-14(22)11-24-21(27-19)25-12-9-16(29-2)18(31-4)17(10-12)30-3/h5-11H,1-4H3,(H,23,28)(H2,24,25,26,27). The van der Waals surface area contributed by atoms with Gasteiger partial charge in [-0.15, -0.1) is 0 Å². The van der Waals surface area contributed by atoms with Crippen molar-refractivity contribution in [2.45, 2.75) is 0 Å². The van der Waals surface area contributed by atoms with Gasteiger partial charge in [0.05, 0.1) is 38.8 Å². The minimum absolute atomic E-state index is 0.0960. The van der Waals surface area contributed by atoms with Gasteiger partial charge in [-0.3, -0.25) is 4.79 Å². The lowest BCUT2D eigenvalue weighted by atomic mass is 10.1. The molecular weight excluding hydrogens is 405 g/mol. The first-order valence-corrected chi connectivity index (χ1v) is 9.18. The average molecular weight is 427 g/mol. The van der Waals surface area contributed by atoms with E-state index in [1.54, 1.807) is 36.4 Å². The quantitative estimate of drug-likeness (QED) is 0.502. The van der Waals surface area contributed by atoms with Crippen molar-refractivity contribution in [2.24, 2.45) is 0 Å². The van der Waals surface area contributed by atoms with Crippen LogP contribution in [-0.4, -0.2) is 44.3 Å². The van der Waals surface area contributed by atoms with Crippen LogP contribution in [0.5, 0.6) is 17.2 Å². The summed E-state index contributed by atoms with van der Waals surface area (Å²) in [5.41, 5.74) is 1.29. The normalized spacial score (nSPS) is 10.2. The summed E-state index contributed by atoms with van der Waals surface area (Å²) in [7, 11) is 6.03. The van der Waals surface area contributed by atoms with E-state index in [-0.39, 0.29) is 17.7 Å². The molecule has 9 nitrogen and oxygen atoms in total. The summed E-state index contributed by atoms with van der Waals surface area (Å²) in [6, 6.07) is 10.0. The predicted molar refractivity (Wildman–Crippen MR) is 114 cm³/mol. The summed E-state index contributed by atoms with van der Waals surface area (Å²) >= 11 is 0. The van der Waals surface area contributed by atoms with Gasteiger partial charge in [-0.1, -0.05) is 12.1 Å². The summed E-state index contributed by atoms with van der Waals surface area (Å²) < 4.78 is 30.3. The molecule has 0 unspecified atom stereocenters. The lowest BCUT2D eigenvalue weighted by molar-refractivity contribution is 0.0964. The Labute approximate surface area is 178 Å². The van der Waals surface area contributed by atoms with Crippen molar-refractivity contribution in [3.05, 3.63) is 54.0 Å². The highest BCUT2D eigenvalue weighted by atomic mass is 19.1. The van der Waals surface area contributed by atoms with Gasteiger partial charge in [0.2, 0.25) is 11.7 Å². The number of halogens is 1. The maximum atomic E-state index is 14.4. The number of hydrogen-bond acceptors (Lipinski definition) is 8. The van der Waals surface area contributed by atoms with E-state index in [9.17, 15) is 9.18 Å². The highest BCUT2D eigenvalue weighted by Gasteiger charge is 2.16. The number of rotatable bonds is 8. The summed E-state index contributed by atoms with van der Waals surface area (Å²) in [6.07, 6.45) is 1.03. The molecule has 3 N–H and O–H groups in total. The molecule has 0 saturated heterocycles. The Kier molecular flexibility index (Phi) is 6.71. The molecule has 0 atom stereocenters. The van der Waals surface area contributed by atoms with Crippen LogP contribution in [0.2, 0.25) is 0 Å². The zero-order valence-corrected chi connectivity index (χ0v) is 17.4. The van der Waals surface area contributed by atoms with E-state index >= 15 is 0 Å². The highest BCUT2D eigenvalue weighted by Crippen LogP contribution is 2.40. The number of carbonyl (C=O) groups excluding carboxylic acids is 1. The second-order valence-electron chi connectivity index (χ2n) is 6.18. The van der Waals surface area contributed by atoms with Crippen LogP contribution in [0.1, 0.15) is 10.4 Å². The Morgan fingerprint density at radius 2 is 1.68 bits per heavy atom. The number of para-hydroxylation sites is 1. The molecule has 0 saturated carbocycles. The molecule has 0 spiro atoms. The number of methoxy groups -OCH3 is 3. The molecule has 0 fully saturated rings. The number of nitrogens with one attached hydrogen (secondary N) is 3. The lowest BCUT2D eigenvalue weighted by Gasteiger charge is -2.15. The highest BCUT2D eigenvalue weighted by molar-refractivity contribution is 6.00. The monoisotopic (exact) mass is 427 g/mol. The van der Waals surface area contributed by atoms with Crippen LogP contribution in [0, 0.1) is 5.82 Å². The first-order chi connectivity index (χ1) is 15.0. The van der Waals surface area contributed by atoms with Crippen molar-refractivity contribution >= 4 is 29.0 Å². The Morgan fingerprint density at radius 3 is 2.29 bits per heavy atom. The number of carbonyl (C=O) groups is 1. The van der Waals surface area contributed by atoms with E-state index in [1.165, 1.54) is 28.4 Å². The molecule has 1 amide bonds. The number of hydrogen-bond donors (Lipinski definition) is 3. The first kappa shape index (κ1) is 21.6. The Hall–Kier alpha value is -4.08. The zero-order chi connectivity index (χ0) is 22.4. The maximum absolute atomic E-state index is 14.4. The van der Waals surface area contributed by atoms with E-state index in [2.05, 4.69) is 25.9 Å². The smallest absolute Gasteiger partial charge is 0.253 e. The fourth-order valence-corrected chi connectivity index (χ4v) is 2.85. The molecule has 3 rings (SSSR count). The third-order valence-electron chi connectivity index (χ3n) is 4.32. The molecule has 2 aromatic carbocycles. The largest absolute Gasteiger partial charge is 0.493 e. The van der Waals surface area contributed by atoms with E-state index in [1.807, 2.05) is 0 Å². The van der Waals surface area contributed by atoms with Crippen molar-refractivity contribution < 1.29 is 23.4 Å². The Bertz CT molecular complexity index is 1070. The van der Waals surface area contributed by atoms with E-state index < -0.39 is 5.82 Å². The van der Waals surface area contributed by atoms with Crippen LogP contribution in [0.15, 0.2) is 42.6 Å². The second kappa shape index (κ2) is 9.61. The van der Waals surface area contributed by atoms with Gasteiger partial charge in [-0.2, -0.15) is 4.98 Å². The summed E-state index contributed by atoms with van der Waals surface area (Å²) in [4.78, 5) is 20.2. The SMILES string of the molecule is CNC(=O)c1ccccc1Nc1nc(Nc2cc(OC)c(OC)c(OC)c2)ncc1F. The molecule has 0 aliphatic heterocycles.